The molecule has 122 valence electrons. The SMILES string of the molecule is CC1CC(C)CN(CC(C)NC(=O)C(O)c2ccccc2)C1. The number of nitrogens with zero attached hydrogens (tertiary/aromatic N) is 1. The number of rotatable bonds is 5. The van der Waals surface area contributed by atoms with E-state index in [1.54, 1.807) is 12.1 Å². The van der Waals surface area contributed by atoms with Gasteiger partial charge in [-0.3, -0.25) is 4.79 Å². The minimum atomic E-state index is -1.09. The van der Waals surface area contributed by atoms with Gasteiger partial charge in [0.1, 0.15) is 0 Å². The number of carbonyl (C=O) groups excluding carboxylic acids is 1. The molecule has 0 aliphatic carbocycles. The number of nitrogens with one attached hydrogen (secondary N) is 1. The monoisotopic (exact) mass is 304 g/mol. The van der Waals surface area contributed by atoms with Gasteiger partial charge in [0.25, 0.3) is 5.91 Å². The largest absolute Gasteiger partial charge is 0.378 e. The lowest BCUT2D eigenvalue weighted by Crippen LogP contribution is -2.47. The summed E-state index contributed by atoms with van der Waals surface area (Å²) in [5.41, 5.74) is 0.632. The number of benzene rings is 1. The Bertz CT molecular complexity index is 467. The van der Waals surface area contributed by atoms with E-state index in [4.69, 9.17) is 0 Å². The van der Waals surface area contributed by atoms with Gasteiger partial charge in [-0.15, -0.1) is 0 Å². The van der Waals surface area contributed by atoms with Crippen molar-refractivity contribution >= 4 is 5.91 Å². The highest BCUT2D eigenvalue weighted by Crippen LogP contribution is 2.21. The standard InChI is InChI=1S/C18H28N2O2/c1-13-9-14(2)11-20(10-13)12-15(3)19-18(22)17(21)16-7-5-4-6-8-16/h4-8,13-15,17,21H,9-12H2,1-3H3,(H,19,22). The van der Waals surface area contributed by atoms with Crippen molar-refractivity contribution in [3.63, 3.8) is 0 Å². The van der Waals surface area contributed by atoms with Crippen LogP contribution in [0.25, 0.3) is 0 Å². The Balaban J connectivity index is 1.83. The highest BCUT2D eigenvalue weighted by atomic mass is 16.3. The van der Waals surface area contributed by atoms with E-state index in [-0.39, 0.29) is 11.9 Å². The molecule has 0 spiro atoms. The third-order valence-electron chi connectivity index (χ3n) is 4.23. The van der Waals surface area contributed by atoms with Crippen LogP contribution in [0.15, 0.2) is 30.3 Å². The normalized spacial score (nSPS) is 25.5. The number of likely N-dealkylation sites (tertiary alicyclic amines) is 1. The second kappa shape index (κ2) is 7.75. The molecule has 22 heavy (non-hydrogen) atoms. The summed E-state index contributed by atoms with van der Waals surface area (Å²) in [6, 6.07) is 9.09. The van der Waals surface area contributed by atoms with Crippen LogP contribution in [0.2, 0.25) is 0 Å². The van der Waals surface area contributed by atoms with E-state index in [0.717, 1.165) is 19.6 Å². The fraction of sp³-hybridized carbons (Fsp3) is 0.611. The summed E-state index contributed by atoms with van der Waals surface area (Å²) in [7, 11) is 0. The molecular formula is C18H28N2O2. The number of aliphatic hydroxyl groups excluding tert-OH is 1. The number of piperidine rings is 1. The van der Waals surface area contributed by atoms with Crippen molar-refractivity contribution in [2.24, 2.45) is 11.8 Å². The summed E-state index contributed by atoms with van der Waals surface area (Å²) in [5.74, 6) is 1.10. The lowest BCUT2D eigenvalue weighted by atomic mass is 9.92. The van der Waals surface area contributed by atoms with Gasteiger partial charge in [0.15, 0.2) is 6.10 Å². The molecule has 1 fully saturated rings. The van der Waals surface area contributed by atoms with Crippen molar-refractivity contribution in [2.45, 2.75) is 39.3 Å². The molecule has 1 saturated heterocycles. The minimum absolute atomic E-state index is 0.0309. The molecule has 4 unspecified atom stereocenters. The first-order valence-corrected chi connectivity index (χ1v) is 8.21. The lowest BCUT2D eigenvalue weighted by Gasteiger charge is -2.36. The third-order valence-corrected chi connectivity index (χ3v) is 4.23. The molecule has 2 rings (SSSR count). The highest BCUT2D eigenvalue weighted by molar-refractivity contribution is 5.82. The van der Waals surface area contributed by atoms with E-state index in [1.807, 2.05) is 25.1 Å². The fourth-order valence-corrected chi connectivity index (χ4v) is 3.48. The molecule has 0 bridgehead atoms. The Morgan fingerprint density at radius 2 is 1.86 bits per heavy atom. The zero-order chi connectivity index (χ0) is 16.1. The van der Waals surface area contributed by atoms with E-state index in [0.29, 0.717) is 17.4 Å². The van der Waals surface area contributed by atoms with Crippen molar-refractivity contribution in [3.8, 4) is 0 Å². The van der Waals surface area contributed by atoms with E-state index < -0.39 is 6.10 Å². The van der Waals surface area contributed by atoms with Crippen LogP contribution in [0.3, 0.4) is 0 Å². The number of hydrogen-bond acceptors (Lipinski definition) is 3. The second-order valence-electron chi connectivity index (χ2n) is 6.89. The van der Waals surface area contributed by atoms with Crippen LogP contribution in [0.4, 0.5) is 0 Å². The number of amides is 1. The predicted octanol–water partition coefficient (Wildman–Crippen LogP) is 2.20. The molecule has 4 heteroatoms. The molecule has 1 aromatic carbocycles. The summed E-state index contributed by atoms with van der Waals surface area (Å²) in [6.45, 7) is 9.58. The molecule has 0 aromatic heterocycles. The Kier molecular flexibility index (Phi) is 5.98. The molecular weight excluding hydrogens is 276 g/mol. The summed E-state index contributed by atoms with van der Waals surface area (Å²) in [4.78, 5) is 14.6. The van der Waals surface area contributed by atoms with Gasteiger partial charge in [-0.2, -0.15) is 0 Å². The summed E-state index contributed by atoms with van der Waals surface area (Å²) in [5, 5.41) is 13.0. The van der Waals surface area contributed by atoms with Gasteiger partial charge in [0, 0.05) is 25.7 Å². The van der Waals surface area contributed by atoms with Crippen LogP contribution in [0.5, 0.6) is 0 Å². The van der Waals surface area contributed by atoms with Crippen LogP contribution < -0.4 is 5.32 Å². The Morgan fingerprint density at radius 3 is 2.45 bits per heavy atom. The van der Waals surface area contributed by atoms with Crippen LogP contribution in [-0.2, 0) is 4.79 Å². The molecule has 2 N–H and O–H groups in total. The molecule has 1 aliphatic rings. The van der Waals surface area contributed by atoms with Crippen molar-refractivity contribution in [2.75, 3.05) is 19.6 Å². The molecule has 1 heterocycles. The molecule has 1 aromatic rings. The van der Waals surface area contributed by atoms with Crippen LogP contribution >= 0.6 is 0 Å². The molecule has 4 atom stereocenters. The van der Waals surface area contributed by atoms with Gasteiger partial charge in [0.2, 0.25) is 0 Å². The molecule has 1 amide bonds. The van der Waals surface area contributed by atoms with Crippen LogP contribution in [0, 0.1) is 11.8 Å². The van der Waals surface area contributed by atoms with Crippen molar-refractivity contribution in [1.29, 1.82) is 0 Å². The summed E-state index contributed by atoms with van der Waals surface area (Å²) >= 11 is 0. The van der Waals surface area contributed by atoms with Gasteiger partial charge in [-0.1, -0.05) is 44.2 Å². The predicted molar refractivity (Wildman–Crippen MR) is 88.4 cm³/mol. The van der Waals surface area contributed by atoms with Gasteiger partial charge in [0.05, 0.1) is 0 Å². The van der Waals surface area contributed by atoms with E-state index in [2.05, 4.69) is 24.1 Å². The zero-order valence-corrected chi connectivity index (χ0v) is 13.8. The Labute approximate surface area is 133 Å². The van der Waals surface area contributed by atoms with Crippen molar-refractivity contribution in [3.05, 3.63) is 35.9 Å². The van der Waals surface area contributed by atoms with Crippen molar-refractivity contribution < 1.29 is 9.90 Å². The van der Waals surface area contributed by atoms with E-state index in [9.17, 15) is 9.90 Å². The first-order valence-electron chi connectivity index (χ1n) is 8.21. The first kappa shape index (κ1) is 17.0. The molecule has 0 saturated carbocycles. The third kappa shape index (κ3) is 4.82. The van der Waals surface area contributed by atoms with Gasteiger partial charge in [-0.05, 0) is 30.7 Å². The maximum Gasteiger partial charge on any atom is 0.253 e. The maximum atomic E-state index is 12.1. The molecule has 0 radical (unpaired) electrons. The fourth-order valence-electron chi connectivity index (χ4n) is 3.48. The van der Waals surface area contributed by atoms with Gasteiger partial charge < -0.3 is 15.3 Å². The van der Waals surface area contributed by atoms with E-state index >= 15 is 0 Å². The number of aliphatic hydroxyl groups is 1. The molecule has 4 nitrogen and oxygen atoms in total. The zero-order valence-electron chi connectivity index (χ0n) is 13.8. The quantitative estimate of drug-likeness (QED) is 0.877. The average Bonchev–Trinajstić information content (AvgIpc) is 2.46. The highest BCUT2D eigenvalue weighted by Gasteiger charge is 2.24. The Morgan fingerprint density at radius 1 is 1.27 bits per heavy atom. The topological polar surface area (TPSA) is 52.6 Å². The van der Waals surface area contributed by atoms with E-state index in [1.165, 1.54) is 6.42 Å². The van der Waals surface area contributed by atoms with Crippen LogP contribution in [-0.4, -0.2) is 41.6 Å². The number of hydrogen-bond donors (Lipinski definition) is 2. The number of carbonyl (C=O) groups is 1. The van der Waals surface area contributed by atoms with Gasteiger partial charge >= 0.3 is 0 Å². The molecule has 1 aliphatic heterocycles. The summed E-state index contributed by atoms with van der Waals surface area (Å²) in [6.07, 6.45) is 0.187. The smallest absolute Gasteiger partial charge is 0.253 e. The average molecular weight is 304 g/mol. The second-order valence-corrected chi connectivity index (χ2v) is 6.89. The van der Waals surface area contributed by atoms with Gasteiger partial charge in [-0.25, -0.2) is 0 Å². The lowest BCUT2D eigenvalue weighted by molar-refractivity contribution is -0.130. The Hall–Kier alpha value is -1.39. The van der Waals surface area contributed by atoms with Crippen LogP contribution in [0.1, 0.15) is 38.9 Å². The van der Waals surface area contributed by atoms with Crippen molar-refractivity contribution in [1.82, 2.24) is 10.2 Å². The first-order chi connectivity index (χ1) is 10.5. The maximum absolute atomic E-state index is 12.1. The minimum Gasteiger partial charge on any atom is -0.378 e. The summed E-state index contributed by atoms with van der Waals surface area (Å²) < 4.78 is 0.